The summed E-state index contributed by atoms with van der Waals surface area (Å²) in [4.78, 5) is 21.4. The minimum Gasteiger partial charge on any atom is -0.337 e. The Morgan fingerprint density at radius 2 is 2.04 bits per heavy atom. The summed E-state index contributed by atoms with van der Waals surface area (Å²) < 4.78 is 0. The Labute approximate surface area is 146 Å². The van der Waals surface area contributed by atoms with Crippen LogP contribution in [-0.4, -0.2) is 28.9 Å². The van der Waals surface area contributed by atoms with Gasteiger partial charge in [-0.15, -0.1) is 11.3 Å². The van der Waals surface area contributed by atoms with Crippen LogP contribution in [0.25, 0.3) is 10.8 Å². The second-order valence-electron chi connectivity index (χ2n) is 6.46. The molecule has 0 unspecified atom stereocenters. The second-order valence-corrected chi connectivity index (χ2v) is 7.74. The predicted molar refractivity (Wildman–Crippen MR) is 98.7 cm³/mol. The summed E-state index contributed by atoms with van der Waals surface area (Å²) in [5.41, 5.74) is 1.11. The maximum absolute atomic E-state index is 12.7. The van der Waals surface area contributed by atoms with Crippen LogP contribution in [0.15, 0.2) is 48.7 Å². The number of thiophene rings is 1. The lowest BCUT2D eigenvalue weighted by Gasteiger charge is -2.32. The van der Waals surface area contributed by atoms with E-state index in [9.17, 15) is 4.79 Å². The molecule has 2 aromatic heterocycles. The van der Waals surface area contributed by atoms with Crippen molar-refractivity contribution < 1.29 is 4.79 Å². The number of benzene rings is 1. The molecule has 3 heterocycles. The Kier molecular flexibility index (Phi) is 4.07. The maximum Gasteiger partial charge on any atom is 0.263 e. The first-order valence-corrected chi connectivity index (χ1v) is 9.23. The number of nitrogens with zero attached hydrogens (tertiary/aromatic N) is 2. The van der Waals surface area contributed by atoms with Crippen molar-refractivity contribution in [3.8, 4) is 0 Å². The molecule has 0 N–H and O–H groups in total. The van der Waals surface area contributed by atoms with Crippen LogP contribution in [0.3, 0.4) is 0 Å². The van der Waals surface area contributed by atoms with Crippen LogP contribution < -0.4 is 0 Å². The van der Waals surface area contributed by atoms with E-state index in [0.717, 1.165) is 36.5 Å². The summed E-state index contributed by atoms with van der Waals surface area (Å²) in [5, 5.41) is 2.39. The molecule has 1 saturated heterocycles. The van der Waals surface area contributed by atoms with Crippen molar-refractivity contribution >= 4 is 28.0 Å². The van der Waals surface area contributed by atoms with Crippen LogP contribution in [0.4, 0.5) is 0 Å². The zero-order valence-electron chi connectivity index (χ0n) is 13.7. The molecule has 0 bridgehead atoms. The van der Waals surface area contributed by atoms with E-state index in [1.54, 1.807) is 11.3 Å². The molecule has 4 rings (SSSR count). The van der Waals surface area contributed by atoms with Gasteiger partial charge in [0.1, 0.15) is 0 Å². The summed E-state index contributed by atoms with van der Waals surface area (Å²) in [6, 6.07) is 14.5. The molecule has 0 saturated carbocycles. The highest BCUT2D eigenvalue weighted by Crippen LogP contribution is 2.29. The van der Waals surface area contributed by atoms with Gasteiger partial charge in [0.05, 0.1) is 4.88 Å². The van der Waals surface area contributed by atoms with Gasteiger partial charge in [-0.05, 0) is 43.4 Å². The largest absolute Gasteiger partial charge is 0.337 e. The van der Waals surface area contributed by atoms with Gasteiger partial charge < -0.3 is 4.90 Å². The molecule has 1 amide bonds. The molecule has 0 spiro atoms. The molecule has 3 aromatic rings. The first-order valence-electron chi connectivity index (χ1n) is 8.41. The number of carbonyl (C=O) groups excluding carboxylic acids is 1. The number of carbonyl (C=O) groups is 1. The topological polar surface area (TPSA) is 33.2 Å². The van der Waals surface area contributed by atoms with E-state index in [-0.39, 0.29) is 5.91 Å². The van der Waals surface area contributed by atoms with Crippen molar-refractivity contribution in [1.82, 2.24) is 9.88 Å². The van der Waals surface area contributed by atoms with Gasteiger partial charge in [0.15, 0.2) is 0 Å². The lowest BCUT2D eigenvalue weighted by molar-refractivity contribution is 0.0711. The Morgan fingerprint density at radius 1 is 1.21 bits per heavy atom. The molecule has 1 atom stereocenters. The van der Waals surface area contributed by atoms with Crippen molar-refractivity contribution in [3.63, 3.8) is 0 Å². The fourth-order valence-corrected chi connectivity index (χ4v) is 4.27. The molecular weight excluding hydrogens is 316 g/mol. The number of fused-ring (bicyclic) bond motifs is 1. The maximum atomic E-state index is 12.7. The highest BCUT2D eigenvalue weighted by Gasteiger charge is 2.27. The van der Waals surface area contributed by atoms with Crippen LogP contribution in [0, 0.1) is 6.92 Å². The zero-order chi connectivity index (χ0) is 16.5. The van der Waals surface area contributed by atoms with E-state index in [0.29, 0.717) is 5.92 Å². The number of pyridine rings is 1. The number of likely N-dealkylation sites (tertiary alicyclic amines) is 1. The molecule has 1 fully saturated rings. The smallest absolute Gasteiger partial charge is 0.263 e. The average Bonchev–Trinajstić information content (AvgIpc) is 3.07. The zero-order valence-corrected chi connectivity index (χ0v) is 14.6. The fraction of sp³-hybridized carbons (Fsp3) is 0.300. The molecule has 3 nitrogen and oxygen atoms in total. The third kappa shape index (κ3) is 2.94. The van der Waals surface area contributed by atoms with Crippen LogP contribution >= 0.6 is 11.3 Å². The number of aryl methyl sites for hydroxylation is 1. The fourth-order valence-electron chi connectivity index (χ4n) is 3.43. The van der Waals surface area contributed by atoms with Gasteiger partial charge in [0.2, 0.25) is 0 Å². The van der Waals surface area contributed by atoms with E-state index < -0.39 is 0 Å². The highest BCUT2D eigenvalue weighted by atomic mass is 32.1. The standard InChI is InChI=1S/C20H20N2OS/c1-14-8-9-19(24-14)20(23)22-10-4-7-17(13-22)18-11-15-5-2-3-6-16(15)12-21-18/h2-3,5-6,8-9,11-12,17H,4,7,10,13H2,1H3/t17-/m1/s1. The van der Waals surface area contributed by atoms with Crippen molar-refractivity contribution in [1.29, 1.82) is 0 Å². The van der Waals surface area contributed by atoms with Crippen molar-refractivity contribution in [2.75, 3.05) is 13.1 Å². The Bertz CT molecular complexity index is 886. The normalized spacial score (nSPS) is 18.0. The van der Waals surface area contributed by atoms with E-state index in [4.69, 9.17) is 0 Å². The number of hydrogen-bond acceptors (Lipinski definition) is 3. The number of hydrogen-bond donors (Lipinski definition) is 0. The van der Waals surface area contributed by atoms with E-state index in [1.165, 1.54) is 15.6 Å². The lowest BCUT2D eigenvalue weighted by Crippen LogP contribution is -2.39. The van der Waals surface area contributed by atoms with Gasteiger partial charge in [0, 0.05) is 41.2 Å². The highest BCUT2D eigenvalue weighted by molar-refractivity contribution is 7.13. The van der Waals surface area contributed by atoms with Crippen LogP contribution in [0.2, 0.25) is 0 Å². The molecule has 1 aromatic carbocycles. The molecule has 122 valence electrons. The summed E-state index contributed by atoms with van der Waals surface area (Å²) >= 11 is 1.58. The molecule has 0 radical (unpaired) electrons. The number of piperidine rings is 1. The molecule has 1 aliphatic rings. The van der Waals surface area contributed by atoms with Crippen molar-refractivity contribution in [2.24, 2.45) is 0 Å². The quantitative estimate of drug-likeness (QED) is 0.684. The predicted octanol–water partition coefficient (Wildman–Crippen LogP) is 4.62. The van der Waals surface area contributed by atoms with Crippen LogP contribution in [0.1, 0.15) is 39.0 Å². The lowest BCUT2D eigenvalue weighted by atomic mass is 9.93. The van der Waals surface area contributed by atoms with Crippen molar-refractivity contribution in [2.45, 2.75) is 25.7 Å². The summed E-state index contributed by atoms with van der Waals surface area (Å²) in [6.07, 6.45) is 4.09. The van der Waals surface area contributed by atoms with Crippen LogP contribution in [-0.2, 0) is 0 Å². The minimum atomic E-state index is 0.165. The van der Waals surface area contributed by atoms with E-state index >= 15 is 0 Å². The Hall–Kier alpha value is -2.20. The first-order chi connectivity index (χ1) is 11.7. The molecular formula is C20H20N2OS. The third-order valence-electron chi connectivity index (χ3n) is 4.73. The monoisotopic (exact) mass is 336 g/mol. The molecule has 24 heavy (non-hydrogen) atoms. The summed E-state index contributed by atoms with van der Waals surface area (Å²) in [6.45, 7) is 3.65. The molecule has 0 aliphatic carbocycles. The molecule has 4 heteroatoms. The van der Waals surface area contributed by atoms with Crippen molar-refractivity contribution in [3.05, 3.63) is 64.1 Å². The molecule has 1 aliphatic heterocycles. The van der Waals surface area contributed by atoms with Gasteiger partial charge in [-0.25, -0.2) is 0 Å². The average molecular weight is 336 g/mol. The number of amides is 1. The number of rotatable bonds is 2. The van der Waals surface area contributed by atoms with Gasteiger partial charge >= 0.3 is 0 Å². The minimum absolute atomic E-state index is 0.165. The van der Waals surface area contributed by atoms with Crippen LogP contribution in [0.5, 0.6) is 0 Å². The summed E-state index contributed by atoms with van der Waals surface area (Å²) in [7, 11) is 0. The number of aromatic nitrogens is 1. The first kappa shape index (κ1) is 15.3. The Balaban J connectivity index is 1.56. The van der Waals surface area contributed by atoms with E-state index in [2.05, 4.69) is 29.2 Å². The van der Waals surface area contributed by atoms with Gasteiger partial charge in [-0.2, -0.15) is 0 Å². The van der Waals surface area contributed by atoms with Gasteiger partial charge in [-0.3, -0.25) is 9.78 Å². The Morgan fingerprint density at radius 3 is 2.83 bits per heavy atom. The second kappa shape index (κ2) is 6.36. The SMILES string of the molecule is Cc1ccc(C(=O)N2CCC[C@@H](c3cc4ccccc4cn3)C2)s1. The third-order valence-corrected chi connectivity index (χ3v) is 5.72. The van der Waals surface area contributed by atoms with Gasteiger partial charge in [-0.1, -0.05) is 24.3 Å². The summed E-state index contributed by atoms with van der Waals surface area (Å²) in [5.74, 6) is 0.493. The van der Waals surface area contributed by atoms with Gasteiger partial charge in [0.25, 0.3) is 5.91 Å². The van der Waals surface area contributed by atoms with E-state index in [1.807, 2.05) is 36.2 Å².